The standard InChI is InChI=1S/C13H26O/c1-10(2)8-7-9-13(14,11(3)4)12(5)6/h7-8,10-12,14H,9H2,1-6H3. The average Bonchev–Trinajstić information content (AvgIpc) is 2.02. The van der Waals surface area contributed by atoms with Crippen molar-refractivity contribution < 1.29 is 5.11 Å². The van der Waals surface area contributed by atoms with E-state index in [-0.39, 0.29) is 0 Å². The Morgan fingerprint density at radius 1 is 1.00 bits per heavy atom. The molecule has 84 valence electrons. The van der Waals surface area contributed by atoms with E-state index in [2.05, 4.69) is 53.7 Å². The molecule has 1 N–H and O–H groups in total. The molecule has 0 aromatic carbocycles. The Morgan fingerprint density at radius 2 is 1.43 bits per heavy atom. The summed E-state index contributed by atoms with van der Waals surface area (Å²) < 4.78 is 0. The molecule has 0 spiro atoms. The molecule has 0 atom stereocenters. The lowest BCUT2D eigenvalue weighted by molar-refractivity contribution is -0.0439. The minimum Gasteiger partial charge on any atom is -0.389 e. The predicted octanol–water partition coefficient (Wildman–Crippen LogP) is 3.63. The number of allylic oxidation sites excluding steroid dienone is 1. The highest BCUT2D eigenvalue weighted by Crippen LogP contribution is 2.30. The van der Waals surface area contributed by atoms with Crippen LogP contribution in [0.3, 0.4) is 0 Å². The Morgan fingerprint density at radius 3 is 1.71 bits per heavy atom. The molecule has 0 rings (SSSR count). The second kappa shape index (κ2) is 5.55. The van der Waals surface area contributed by atoms with Gasteiger partial charge in [-0.1, -0.05) is 53.7 Å². The van der Waals surface area contributed by atoms with E-state index in [1.54, 1.807) is 0 Å². The van der Waals surface area contributed by atoms with Crippen molar-refractivity contribution in [2.24, 2.45) is 17.8 Å². The van der Waals surface area contributed by atoms with Crippen LogP contribution in [-0.2, 0) is 0 Å². The Labute approximate surface area is 89.2 Å². The fourth-order valence-electron chi connectivity index (χ4n) is 1.67. The summed E-state index contributed by atoms with van der Waals surface area (Å²) in [4.78, 5) is 0. The van der Waals surface area contributed by atoms with Crippen molar-refractivity contribution in [2.75, 3.05) is 0 Å². The molecule has 0 fully saturated rings. The maximum atomic E-state index is 10.4. The lowest BCUT2D eigenvalue weighted by atomic mass is 9.78. The maximum absolute atomic E-state index is 10.4. The van der Waals surface area contributed by atoms with Crippen molar-refractivity contribution in [2.45, 2.75) is 53.6 Å². The van der Waals surface area contributed by atoms with Crippen molar-refractivity contribution in [3.05, 3.63) is 12.2 Å². The van der Waals surface area contributed by atoms with E-state index in [1.165, 1.54) is 0 Å². The monoisotopic (exact) mass is 198 g/mol. The normalized spacial score (nSPS) is 13.9. The molecular formula is C13H26O. The molecule has 0 saturated heterocycles. The first-order valence-corrected chi connectivity index (χ1v) is 5.69. The van der Waals surface area contributed by atoms with E-state index < -0.39 is 5.60 Å². The molecule has 0 radical (unpaired) electrons. The third-order valence-corrected chi connectivity index (χ3v) is 2.97. The van der Waals surface area contributed by atoms with Crippen molar-refractivity contribution in [3.63, 3.8) is 0 Å². The predicted molar refractivity (Wildman–Crippen MR) is 63.2 cm³/mol. The summed E-state index contributed by atoms with van der Waals surface area (Å²) in [5.74, 6) is 1.18. The zero-order valence-corrected chi connectivity index (χ0v) is 10.5. The summed E-state index contributed by atoms with van der Waals surface area (Å²) in [7, 11) is 0. The molecule has 0 unspecified atom stereocenters. The van der Waals surface area contributed by atoms with Crippen LogP contribution >= 0.6 is 0 Å². The summed E-state index contributed by atoms with van der Waals surface area (Å²) >= 11 is 0. The van der Waals surface area contributed by atoms with Gasteiger partial charge in [0.25, 0.3) is 0 Å². The molecular weight excluding hydrogens is 172 g/mol. The third-order valence-electron chi connectivity index (χ3n) is 2.97. The second-order valence-electron chi connectivity index (χ2n) is 5.18. The number of aliphatic hydroxyl groups is 1. The van der Waals surface area contributed by atoms with Crippen LogP contribution in [0.5, 0.6) is 0 Å². The Bertz CT molecular complexity index is 170. The van der Waals surface area contributed by atoms with Crippen LogP contribution in [0.1, 0.15) is 48.0 Å². The number of hydrogen-bond acceptors (Lipinski definition) is 1. The van der Waals surface area contributed by atoms with E-state index in [0.717, 1.165) is 6.42 Å². The fraction of sp³-hybridized carbons (Fsp3) is 0.846. The van der Waals surface area contributed by atoms with Crippen molar-refractivity contribution in [1.82, 2.24) is 0 Å². The van der Waals surface area contributed by atoms with Crippen LogP contribution in [0.15, 0.2) is 12.2 Å². The van der Waals surface area contributed by atoms with E-state index in [1.807, 2.05) is 0 Å². The molecule has 0 bridgehead atoms. The van der Waals surface area contributed by atoms with Gasteiger partial charge in [-0.05, 0) is 24.2 Å². The first kappa shape index (κ1) is 13.7. The van der Waals surface area contributed by atoms with Crippen LogP contribution in [0.4, 0.5) is 0 Å². The van der Waals surface area contributed by atoms with Crippen LogP contribution in [0, 0.1) is 17.8 Å². The molecule has 0 aromatic heterocycles. The first-order valence-electron chi connectivity index (χ1n) is 5.69. The molecule has 1 heteroatoms. The quantitative estimate of drug-likeness (QED) is 0.669. The summed E-state index contributed by atoms with van der Waals surface area (Å²) in [6.45, 7) is 12.7. The highest BCUT2D eigenvalue weighted by molar-refractivity contribution is 4.95. The first-order chi connectivity index (χ1) is 6.30. The highest BCUT2D eigenvalue weighted by Gasteiger charge is 2.32. The summed E-state index contributed by atoms with van der Waals surface area (Å²) in [6.07, 6.45) is 5.04. The Hall–Kier alpha value is -0.300. The third kappa shape index (κ3) is 3.83. The molecule has 0 aliphatic rings. The smallest absolute Gasteiger partial charge is 0.0727 e. The van der Waals surface area contributed by atoms with Gasteiger partial charge in [0, 0.05) is 0 Å². The summed E-state index contributed by atoms with van der Waals surface area (Å²) in [5, 5.41) is 10.4. The van der Waals surface area contributed by atoms with Crippen molar-refractivity contribution in [1.29, 1.82) is 0 Å². The zero-order valence-electron chi connectivity index (χ0n) is 10.5. The van der Waals surface area contributed by atoms with Crippen LogP contribution in [0.25, 0.3) is 0 Å². The van der Waals surface area contributed by atoms with Gasteiger partial charge in [-0.15, -0.1) is 0 Å². The molecule has 1 nitrogen and oxygen atoms in total. The lowest BCUT2D eigenvalue weighted by Gasteiger charge is -2.35. The Kier molecular flexibility index (Phi) is 5.43. The second-order valence-corrected chi connectivity index (χ2v) is 5.18. The molecule has 14 heavy (non-hydrogen) atoms. The van der Waals surface area contributed by atoms with Gasteiger partial charge in [0.15, 0.2) is 0 Å². The minimum absolute atomic E-state index is 0.305. The van der Waals surface area contributed by atoms with Gasteiger partial charge < -0.3 is 5.11 Å². The van der Waals surface area contributed by atoms with E-state index >= 15 is 0 Å². The lowest BCUT2D eigenvalue weighted by Crippen LogP contribution is -2.40. The average molecular weight is 198 g/mol. The molecule has 0 heterocycles. The van der Waals surface area contributed by atoms with Gasteiger partial charge in [-0.2, -0.15) is 0 Å². The molecule has 0 aliphatic heterocycles. The highest BCUT2D eigenvalue weighted by atomic mass is 16.3. The molecule has 0 aromatic rings. The summed E-state index contributed by atoms with van der Waals surface area (Å²) in [6, 6.07) is 0. The van der Waals surface area contributed by atoms with Crippen LogP contribution in [0.2, 0.25) is 0 Å². The van der Waals surface area contributed by atoms with Gasteiger partial charge in [0.1, 0.15) is 0 Å². The van der Waals surface area contributed by atoms with Gasteiger partial charge in [0.2, 0.25) is 0 Å². The van der Waals surface area contributed by atoms with Crippen molar-refractivity contribution >= 4 is 0 Å². The molecule has 0 saturated carbocycles. The van der Waals surface area contributed by atoms with E-state index in [9.17, 15) is 5.11 Å². The molecule has 0 amide bonds. The SMILES string of the molecule is CC(C)C=CCC(O)(C(C)C)C(C)C. The fourth-order valence-corrected chi connectivity index (χ4v) is 1.67. The van der Waals surface area contributed by atoms with Gasteiger partial charge in [-0.25, -0.2) is 0 Å². The largest absolute Gasteiger partial charge is 0.389 e. The minimum atomic E-state index is -0.550. The topological polar surface area (TPSA) is 20.2 Å². The zero-order chi connectivity index (χ0) is 11.4. The van der Waals surface area contributed by atoms with E-state index in [0.29, 0.717) is 17.8 Å². The number of rotatable bonds is 5. The van der Waals surface area contributed by atoms with Crippen molar-refractivity contribution in [3.8, 4) is 0 Å². The van der Waals surface area contributed by atoms with Gasteiger partial charge in [-0.3, -0.25) is 0 Å². The molecule has 0 aliphatic carbocycles. The van der Waals surface area contributed by atoms with Gasteiger partial charge in [0.05, 0.1) is 5.60 Å². The van der Waals surface area contributed by atoms with E-state index in [4.69, 9.17) is 0 Å². The summed E-state index contributed by atoms with van der Waals surface area (Å²) in [5.41, 5.74) is -0.550. The van der Waals surface area contributed by atoms with Crippen LogP contribution in [-0.4, -0.2) is 10.7 Å². The van der Waals surface area contributed by atoms with Crippen LogP contribution < -0.4 is 0 Å². The maximum Gasteiger partial charge on any atom is 0.0727 e. The number of hydrogen-bond donors (Lipinski definition) is 1. The Balaban J connectivity index is 4.39. The van der Waals surface area contributed by atoms with Gasteiger partial charge >= 0.3 is 0 Å².